The highest BCUT2D eigenvalue weighted by atomic mass is 19.1. The maximum Gasteiger partial charge on any atom is 0.188 e. The summed E-state index contributed by atoms with van der Waals surface area (Å²) in [5.41, 5.74) is 0.969. The van der Waals surface area contributed by atoms with E-state index in [1.165, 1.54) is 0 Å². The van der Waals surface area contributed by atoms with Crippen molar-refractivity contribution in [1.82, 2.24) is 0 Å². The van der Waals surface area contributed by atoms with Gasteiger partial charge in [0.15, 0.2) is 6.86 Å². The summed E-state index contributed by atoms with van der Waals surface area (Å²) in [7, 11) is 0. The number of hydrogen-bond acceptors (Lipinski definition) is 1. The van der Waals surface area contributed by atoms with E-state index in [9.17, 15) is 4.39 Å². The molecule has 0 N–H and O–H groups in total. The van der Waals surface area contributed by atoms with Gasteiger partial charge in [0.2, 0.25) is 0 Å². The average Bonchev–Trinajstić information content (AvgIpc) is 2.03. The smallest absolute Gasteiger partial charge is 0.188 e. The molecule has 1 aromatic rings. The van der Waals surface area contributed by atoms with Crippen molar-refractivity contribution in [2.45, 2.75) is 6.61 Å². The van der Waals surface area contributed by atoms with Crippen molar-refractivity contribution in [2.24, 2.45) is 0 Å². The maximum atomic E-state index is 11.4. The first-order valence-electron chi connectivity index (χ1n) is 3.02. The largest absolute Gasteiger partial charge is 0.346 e. The molecule has 1 rings (SSSR count). The minimum absolute atomic E-state index is 0.338. The Morgan fingerprint density at radius 2 is 2.10 bits per heavy atom. The Morgan fingerprint density at radius 1 is 1.40 bits per heavy atom. The van der Waals surface area contributed by atoms with E-state index in [-0.39, 0.29) is 0 Å². The minimum Gasteiger partial charge on any atom is -0.346 e. The highest BCUT2D eigenvalue weighted by Gasteiger charge is 1.88. The molecule has 0 bridgehead atoms. The van der Waals surface area contributed by atoms with Crippen LogP contribution in [0.3, 0.4) is 0 Å². The van der Waals surface area contributed by atoms with Gasteiger partial charge in [0.05, 0.1) is 6.61 Å². The molecular formula is C8H8FO. The third-order valence-electron chi connectivity index (χ3n) is 1.13. The van der Waals surface area contributed by atoms with E-state index in [1.807, 2.05) is 12.1 Å². The molecule has 0 atom stereocenters. The number of alkyl halides is 1. The van der Waals surface area contributed by atoms with Gasteiger partial charge in [0.25, 0.3) is 0 Å². The molecule has 2 heteroatoms. The maximum absolute atomic E-state index is 11.4. The monoisotopic (exact) mass is 139 g/mol. The van der Waals surface area contributed by atoms with Crippen molar-refractivity contribution < 1.29 is 9.13 Å². The molecule has 1 nitrogen and oxygen atoms in total. The average molecular weight is 139 g/mol. The summed E-state index contributed by atoms with van der Waals surface area (Å²) < 4.78 is 16.0. The van der Waals surface area contributed by atoms with Gasteiger partial charge in [-0.05, 0) is 11.6 Å². The Labute approximate surface area is 59.4 Å². The number of ether oxygens (including phenoxy) is 1. The van der Waals surface area contributed by atoms with Crippen LogP contribution in [-0.4, -0.2) is 6.86 Å². The topological polar surface area (TPSA) is 9.23 Å². The van der Waals surface area contributed by atoms with Crippen molar-refractivity contribution in [3.05, 3.63) is 35.9 Å². The molecule has 1 radical (unpaired) electrons. The summed E-state index contributed by atoms with van der Waals surface area (Å²) >= 11 is 0. The Bertz CT molecular complexity index is 174. The molecule has 0 aliphatic rings. The van der Waals surface area contributed by atoms with Crippen LogP contribution < -0.4 is 0 Å². The lowest BCUT2D eigenvalue weighted by atomic mass is 10.2. The van der Waals surface area contributed by atoms with E-state index in [0.29, 0.717) is 6.61 Å². The molecule has 0 spiro atoms. The molecule has 0 heterocycles. The van der Waals surface area contributed by atoms with Crippen LogP contribution in [0.25, 0.3) is 0 Å². The van der Waals surface area contributed by atoms with Crippen molar-refractivity contribution in [1.29, 1.82) is 0 Å². The Morgan fingerprint density at radius 3 is 2.70 bits per heavy atom. The van der Waals surface area contributed by atoms with Gasteiger partial charge in [-0.1, -0.05) is 24.3 Å². The molecule has 0 fully saturated rings. The molecule has 0 unspecified atom stereocenters. The van der Waals surface area contributed by atoms with Gasteiger partial charge in [-0.2, -0.15) is 0 Å². The third kappa shape index (κ3) is 2.15. The second-order valence-electron chi connectivity index (χ2n) is 1.87. The fourth-order valence-corrected chi connectivity index (χ4v) is 0.674. The van der Waals surface area contributed by atoms with Crippen molar-refractivity contribution >= 4 is 0 Å². The van der Waals surface area contributed by atoms with E-state index in [1.54, 1.807) is 12.1 Å². The lowest BCUT2D eigenvalue weighted by Crippen LogP contribution is -1.89. The van der Waals surface area contributed by atoms with Crippen LogP contribution in [0, 0.1) is 6.07 Å². The zero-order valence-electron chi connectivity index (χ0n) is 5.51. The van der Waals surface area contributed by atoms with Crippen LogP contribution in [0.15, 0.2) is 24.3 Å². The van der Waals surface area contributed by atoms with E-state index in [4.69, 9.17) is 0 Å². The summed E-state index contributed by atoms with van der Waals surface area (Å²) in [5, 5.41) is 0. The lowest BCUT2D eigenvalue weighted by molar-refractivity contribution is 0.0462. The zero-order chi connectivity index (χ0) is 7.23. The first-order chi connectivity index (χ1) is 4.93. The fourth-order valence-electron chi connectivity index (χ4n) is 0.674. The van der Waals surface area contributed by atoms with Gasteiger partial charge < -0.3 is 4.74 Å². The fraction of sp³-hybridized carbons (Fsp3) is 0.250. The summed E-state index contributed by atoms with van der Waals surface area (Å²) in [4.78, 5) is 0. The van der Waals surface area contributed by atoms with Gasteiger partial charge in [0, 0.05) is 0 Å². The van der Waals surface area contributed by atoms with Crippen LogP contribution >= 0.6 is 0 Å². The predicted octanol–water partition coefficient (Wildman–Crippen LogP) is 1.93. The summed E-state index contributed by atoms with van der Waals surface area (Å²) in [5.74, 6) is 0. The van der Waals surface area contributed by atoms with Crippen LogP contribution in [-0.2, 0) is 11.3 Å². The molecule has 0 saturated carbocycles. The number of rotatable bonds is 3. The first-order valence-corrected chi connectivity index (χ1v) is 3.02. The van der Waals surface area contributed by atoms with E-state index >= 15 is 0 Å². The quantitative estimate of drug-likeness (QED) is 0.621. The number of hydrogen-bond donors (Lipinski definition) is 0. The summed E-state index contributed by atoms with van der Waals surface area (Å²) in [6, 6.07) is 10.1. The highest BCUT2D eigenvalue weighted by molar-refractivity contribution is 5.12. The molecule has 0 aliphatic heterocycles. The van der Waals surface area contributed by atoms with E-state index < -0.39 is 6.86 Å². The molecule has 53 valence electrons. The molecule has 0 saturated heterocycles. The van der Waals surface area contributed by atoms with Crippen LogP contribution in [0.1, 0.15) is 5.56 Å². The minimum atomic E-state index is -0.724. The van der Waals surface area contributed by atoms with E-state index in [2.05, 4.69) is 10.8 Å². The third-order valence-corrected chi connectivity index (χ3v) is 1.13. The predicted molar refractivity (Wildman–Crippen MR) is 36.0 cm³/mol. The Kier molecular flexibility index (Phi) is 2.90. The zero-order valence-corrected chi connectivity index (χ0v) is 5.51. The van der Waals surface area contributed by atoms with Crippen molar-refractivity contribution in [3.8, 4) is 0 Å². The van der Waals surface area contributed by atoms with Crippen LogP contribution in [0.5, 0.6) is 0 Å². The van der Waals surface area contributed by atoms with Gasteiger partial charge in [0.1, 0.15) is 0 Å². The summed E-state index contributed by atoms with van der Waals surface area (Å²) in [6.07, 6.45) is 0. The van der Waals surface area contributed by atoms with Crippen LogP contribution in [0.4, 0.5) is 4.39 Å². The molecule has 0 amide bonds. The van der Waals surface area contributed by atoms with Gasteiger partial charge >= 0.3 is 0 Å². The molecule has 0 aromatic heterocycles. The molecule has 1 aromatic carbocycles. The Hall–Kier alpha value is -0.890. The summed E-state index contributed by atoms with van der Waals surface area (Å²) in [6.45, 7) is -0.385. The van der Waals surface area contributed by atoms with Gasteiger partial charge in [-0.15, -0.1) is 0 Å². The number of benzene rings is 1. The second-order valence-corrected chi connectivity index (χ2v) is 1.87. The molecular weight excluding hydrogens is 131 g/mol. The first kappa shape index (κ1) is 7.22. The Balaban J connectivity index is 2.43. The van der Waals surface area contributed by atoms with E-state index in [0.717, 1.165) is 5.56 Å². The van der Waals surface area contributed by atoms with Crippen LogP contribution in [0.2, 0.25) is 0 Å². The molecule has 0 aliphatic carbocycles. The SMILES string of the molecule is FCOCc1cc[c]cc1. The number of halogens is 1. The van der Waals surface area contributed by atoms with Gasteiger partial charge in [-0.25, -0.2) is 4.39 Å². The second kappa shape index (κ2) is 4.01. The van der Waals surface area contributed by atoms with Crippen molar-refractivity contribution in [2.75, 3.05) is 6.86 Å². The van der Waals surface area contributed by atoms with Crippen molar-refractivity contribution in [3.63, 3.8) is 0 Å². The standard InChI is InChI=1S/C8H8FO/c9-7-10-6-8-4-2-1-3-5-8/h2-5H,6-7H2. The van der Waals surface area contributed by atoms with Gasteiger partial charge in [-0.3, -0.25) is 0 Å². The molecule has 10 heavy (non-hydrogen) atoms. The normalized spacial score (nSPS) is 9.70. The lowest BCUT2D eigenvalue weighted by Gasteiger charge is -1.97. The highest BCUT2D eigenvalue weighted by Crippen LogP contribution is 1.99.